The summed E-state index contributed by atoms with van der Waals surface area (Å²) in [7, 11) is 0. The molecule has 2 rings (SSSR count). The number of benzene rings is 1. The van der Waals surface area contributed by atoms with Crippen LogP contribution in [0.1, 0.15) is 5.56 Å². The Hall–Kier alpha value is -2.34. The van der Waals surface area contributed by atoms with Gasteiger partial charge >= 0.3 is 0 Å². The molecule has 1 heterocycles. The molecule has 0 saturated heterocycles. The van der Waals surface area contributed by atoms with Crippen molar-refractivity contribution in [3.05, 3.63) is 51.2 Å². The monoisotopic (exact) mass is 279 g/mol. The third-order valence-corrected chi connectivity index (χ3v) is 2.80. The molecule has 0 spiro atoms. The van der Waals surface area contributed by atoms with Crippen LogP contribution in [-0.4, -0.2) is 9.91 Å². The van der Waals surface area contributed by atoms with Gasteiger partial charge in [-0.2, -0.15) is 0 Å². The molecular weight excluding hydrogens is 270 g/mol. The molecule has 0 unspecified atom stereocenters. The number of nitrogens with zero attached hydrogens (tertiary/aromatic N) is 2. The summed E-state index contributed by atoms with van der Waals surface area (Å²) in [5.74, 6) is 0.574. The highest BCUT2D eigenvalue weighted by Crippen LogP contribution is 2.32. The molecule has 2 N–H and O–H groups in total. The number of anilines is 1. The number of aryl methyl sites for hydroxylation is 1. The fraction of sp³-hybridized carbons (Fsp3) is 0.0833. The summed E-state index contributed by atoms with van der Waals surface area (Å²) >= 11 is 5.79. The molecule has 0 saturated carbocycles. The van der Waals surface area contributed by atoms with Crippen LogP contribution >= 0.6 is 11.6 Å². The molecule has 0 amide bonds. The quantitative estimate of drug-likeness (QED) is 0.687. The van der Waals surface area contributed by atoms with E-state index in [-0.39, 0.29) is 16.6 Å². The van der Waals surface area contributed by atoms with Crippen molar-refractivity contribution in [3.8, 4) is 11.6 Å². The number of halogens is 1. The van der Waals surface area contributed by atoms with Crippen molar-refractivity contribution in [2.45, 2.75) is 6.92 Å². The normalized spacial score (nSPS) is 10.2. The summed E-state index contributed by atoms with van der Waals surface area (Å²) in [4.78, 5) is 14.1. The highest BCUT2D eigenvalue weighted by Gasteiger charge is 2.14. The number of nitrogens with two attached hydrogens (primary N) is 1. The van der Waals surface area contributed by atoms with Gasteiger partial charge in [0.1, 0.15) is 10.8 Å². The van der Waals surface area contributed by atoms with E-state index < -0.39 is 4.92 Å². The number of pyridine rings is 1. The van der Waals surface area contributed by atoms with Crippen LogP contribution in [0.25, 0.3) is 0 Å². The van der Waals surface area contributed by atoms with E-state index in [1.807, 2.05) is 6.92 Å². The van der Waals surface area contributed by atoms with Crippen molar-refractivity contribution in [2.75, 3.05) is 5.73 Å². The third-order valence-electron chi connectivity index (χ3n) is 2.50. The number of rotatable bonds is 3. The van der Waals surface area contributed by atoms with Crippen molar-refractivity contribution in [2.24, 2.45) is 0 Å². The summed E-state index contributed by atoms with van der Waals surface area (Å²) in [6, 6.07) is 5.81. The topological polar surface area (TPSA) is 91.3 Å². The summed E-state index contributed by atoms with van der Waals surface area (Å²) < 4.78 is 5.46. The van der Waals surface area contributed by atoms with Gasteiger partial charge in [-0.25, -0.2) is 4.98 Å². The number of hydrogen-bond acceptors (Lipinski definition) is 5. The maximum atomic E-state index is 10.6. The maximum absolute atomic E-state index is 10.6. The van der Waals surface area contributed by atoms with Crippen LogP contribution in [0.5, 0.6) is 11.6 Å². The summed E-state index contributed by atoms with van der Waals surface area (Å²) in [6.07, 6.45) is 1.56. The van der Waals surface area contributed by atoms with Crippen LogP contribution in [0.15, 0.2) is 30.5 Å². The van der Waals surface area contributed by atoms with E-state index in [0.717, 1.165) is 5.56 Å². The zero-order valence-corrected chi connectivity index (χ0v) is 10.7. The lowest BCUT2D eigenvalue weighted by atomic mass is 10.2. The standard InChI is InChI=1S/C12H10ClN3O3/c1-7-4-5-15-12(11(7)14)19-8-2-3-10(16(17)18)9(13)6-8/h2-6H,14H2,1H3. The minimum Gasteiger partial charge on any atom is -0.437 e. The van der Waals surface area contributed by atoms with Gasteiger partial charge in [0.25, 0.3) is 5.69 Å². The van der Waals surface area contributed by atoms with Gasteiger partial charge in [-0.1, -0.05) is 11.6 Å². The molecule has 1 aromatic carbocycles. The van der Waals surface area contributed by atoms with Crippen molar-refractivity contribution < 1.29 is 9.66 Å². The number of nitro groups is 1. The number of aromatic nitrogens is 1. The first-order valence-corrected chi connectivity index (χ1v) is 5.69. The van der Waals surface area contributed by atoms with Gasteiger partial charge in [0.2, 0.25) is 5.88 Å². The van der Waals surface area contributed by atoms with Crippen molar-refractivity contribution >= 4 is 23.0 Å². The van der Waals surface area contributed by atoms with E-state index in [0.29, 0.717) is 11.4 Å². The van der Waals surface area contributed by atoms with Crippen LogP contribution in [-0.2, 0) is 0 Å². The Morgan fingerprint density at radius 2 is 2.16 bits per heavy atom. The minimum atomic E-state index is -0.564. The number of hydrogen-bond donors (Lipinski definition) is 1. The maximum Gasteiger partial charge on any atom is 0.288 e. The molecule has 6 nitrogen and oxygen atoms in total. The fourth-order valence-corrected chi connectivity index (χ4v) is 1.68. The van der Waals surface area contributed by atoms with E-state index in [1.165, 1.54) is 18.2 Å². The van der Waals surface area contributed by atoms with E-state index >= 15 is 0 Å². The van der Waals surface area contributed by atoms with E-state index in [4.69, 9.17) is 22.1 Å². The first kappa shape index (κ1) is 13.1. The number of nitro benzene ring substituents is 1. The lowest BCUT2D eigenvalue weighted by molar-refractivity contribution is -0.384. The predicted octanol–water partition coefficient (Wildman–Crippen LogP) is 3.33. The van der Waals surface area contributed by atoms with Gasteiger partial charge in [0.15, 0.2) is 0 Å². The Morgan fingerprint density at radius 1 is 1.42 bits per heavy atom. The molecule has 98 valence electrons. The molecule has 0 bridgehead atoms. The van der Waals surface area contributed by atoms with Gasteiger partial charge in [-0.05, 0) is 24.6 Å². The van der Waals surface area contributed by atoms with E-state index in [2.05, 4.69) is 4.98 Å². The lowest BCUT2D eigenvalue weighted by Crippen LogP contribution is -1.97. The SMILES string of the molecule is Cc1ccnc(Oc2ccc([N+](=O)[O-])c(Cl)c2)c1N. The van der Waals surface area contributed by atoms with Crippen LogP contribution in [0.3, 0.4) is 0 Å². The second-order valence-electron chi connectivity index (χ2n) is 3.82. The molecule has 0 aliphatic rings. The molecule has 0 fully saturated rings. The molecule has 0 radical (unpaired) electrons. The van der Waals surface area contributed by atoms with Gasteiger partial charge in [0.05, 0.1) is 10.6 Å². The highest BCUT2D eigenvalue weighted by molar-refractivity contribution is 6.32. The molecule has 1 aromatic heterocycles. The highest BCUT2D eigenvalue weighted by atomic mass is 35.5. The smallest absolute Gasteiger partial charge is 0.288 e. The van der Waals surface area contributed by atoms with E-state index in [1.54, 1.807) is 12.3 Å². The summed E-state index contributed by atoms with van der Waals surface area (Å²) in [5, 5.41) is 10.6. The lowest BCUT2D eigenvalue weighted by Gasteiger charge is -2.08. The van der Waals surface area contributed by atoms with Crippen LogP contribution < -0.4 is 10.5 Å². The Balaban J connectivity index is 2.32. The second-order valence-corrected chi connectivity index (χ2v) is 4.23. The average Bonchev–Trinajstić information content (AvgIpc) is 2.34. The molecule has 7 heteroatoms. The molecule has 0 aliphatic carbocycles. The predicted molar refractivity (Wildman–Crippen MR) is 71.6 cm³/mol. The van der Waals surface area contributed by atoms with Gasteiger partial charge < -0.3 is 10.5 Å². The zero-order valence-electron chi connectivity index (χ0n) is 9.96. The molecular formula is C12H10ClN3O3. The van der Waals surface area contributed by atoms with Gasteiger partial charge in [-0.15, -0.1) is 0 Å². The van der Waals surface area contributed by atoms with Crippen molar-refractivity contribution in [1.82, 2.24) is 4.98 Å². The van der Waals surface area contributed by atoms with Crippen molar-refractivity contribution in [3.63, 3.8) is 0 Å². The third kappa shape index (κ3) is 2.74. The first-order chi connectivity index (χ1) is 8.99. The largest absolute Gasteiger partial charge is 0.437 e. The Morgan fingerprint density at radius 3 is 2.79 bits per heavy atom. The Bertz CT molecular complexity index is 646. The molecule has 2 aromatic rings. The first-order valence-electron chi connectivity index (χ1n) is 5.32. The Labute approximate surface area is 113 Å². The summed E-state index contributed by atoms with van der Waals surface area (Å²) in [6.45, 7) is 1.83. The molecule has 19 heavy (non-hydrogen) atoms. The summed E-state index contributed by atoms with van der Waals surface area (Å²) in [5.41, 5.74) is 6.88. The van der Waals surface area contributed by atoms with Crippen LogP contribution in [0.2, 0.25) is 5.02 Å². The average molecular weight is 280 g/mol. The van der Waals surface area contributed by atoms with Crippen molar-refractivity contribution in [1.29, 1.82) is 0 Å². The van der Waals surface area contributed by atoms with Gasteiger partial charge in [0, 0.05) is 18.3 Å². The fourth-order valence-electron chi connectivity index (χ4n) is 1.44. The van der Waals surface area contributed by atoms with Gasteiger partial charge in [-0.3, -0.25) is 10.1 Å². The Kier molecular flexibility index (Phi) is 3.52. The minimum absolute atomic E-state index is 0.00581. The van der Waals surface area contributed by atoms with Crippen LogP contribution in [0, 0.1) is 17.0 Å². The second kappa shape index (κ2) is 5.11. The zero-order chi connectivity index (χ0) is 14.0. The van der Waals surface area contributed by atoms with E-state index in [9.17, 15) is 10.1 Å². The molecule has 0 aliphatic heterocycles. The number of nitrogen functional groups attached to an aromatic ring is 1. The number of ether oxygens (including phenoxy) is 1. The molecule has 0 atom stereocenters. The van der Waals surface area contributed by atoms with Crippen LogP contribution in [0.4, 0.5) is 11.4 Å².